The molecule has 2 rings (SSSR count). The number of hydrogen-bond acceptors (Lipinski definition) is 4. The van der Waals surface area contributed by atoms with Crippen LogP contribution in [0.4, 0.5) is 5.82 Å². The standard InChI is InChI=1S/C9H10ClN5/c1-5-6(3-14-15(5)2)8-7(10)9(11)13-4-12-8/h3-4H,1-2H3,(H2,11,12,13). The van der Waals surface area contributed by atoms with Crippen LogP contribution in [0.1, 0.15) is 5.69 Å². The van der Waals surface area contributed by atoms with Gasteiger partial charge in [0.25, 0.3) is 0 Å². The summed E-state index contributed by atoms with van der Waals surface area (Å²) in [6, 6.07) is 0. The van der Waals surface area contributed by atoms with Crippen LogP contribution in [0.2, 0.25) is 5.02 Å². The number of aromatic nitrogens is 4. The minimum absolute atomic E-state index is 0.282. The highest BCUT2D eigenvalue weighted by atomic mass is 35.5. The van der Waals surface area contributed by atoms with Gasteiger partial charge in [-0.15, -0.1) is 0 Å². The van der Waals surface area contributed by atoms with Crippen molar-refractivity contribution in [2.75, 3.05) is 5.73 Å². The van der Waals surface area contributed by atoms with Gasteiger partial charge in [0.15, 0.2) is 0 Å². The molecule has 2 aromatic rings. The quantitative estimate of drug-likeness (QED) is 0.794. The lowest BCUT2D eigenvalue weighted by molar-refractivity contribution is 0.740. The maximum absolute atomic E-state index is 6.02. The van der Waals surface area contributed by atoms with Crippen molar-refractivity contribution in [2.24, 2.45) is 7.05 Å². The van der Waals surface area contributed by atoms with Gasteiger partial charge in [0.2, 0.25) is 0 Å². The van der Waals surface area contributed by atoms with Gasteiger partial charge in [-0.3, -0.25) is 4.68 Å². The summed E-state index contributed by atoms with van der Waals surface area (Å²) >= 11 is 6.02. The Hall–Kier alpha value is -1.62. The van der Waals surface area contributed by atoms with E-state index in [9.17, 15) is 0 Å². The Bertz CT molecular complexity index is 505. The first kappa shape index (κ1) is 9.92. The second-order valence-electron chi connectivity index (χ2n) is 3.19. The first-order valence-corrected chi connectivity index (χ1v) is 4.74. The zero-order chi connectivity index (χ0) is 11.0. The number of hydrogen-bond donors (Lipinski definition) is 1. The van der Waals surface area contributed by atoms with Gasteiger partial charge in [-0.25, -0.2) is 9.97 Å². The largest absolute Gasteiger partial charge is 0.382 e. The molecule has 0 saturated heterocycles. The maximum Gasteiger partial charge on any atom is 0.146 e. The molecule has 0 fully saturated rings. The second kappa shape index (κ2) is 3.51. The predicted molar refractivity (Wildman–Crippen MR) is 58.4 cm³/mol. The van der Waals surface area contributed by atoms with Crippen LogP contribution in [0.3, 0.4) is 0 Å². The van der Waals surface area contributed by atoms with E-state index in [0.717, 1.165) is 11.3 Å². The molecule has 2 aromatic heterocycles. The van der Waals surface area contributed by atoms with Crippen molar-refractivity contribution in [1.29, 1.82) is 0 Å². The zero-order valence-electron chi connectivity index (χ0n) is 8.40. The van der Waals surface area contributed by atoms with Gasteiger partial charge < -0.3 is 5.73 Å². The number of nitrogens with zero attached hydrogens (tertiary/aromatic N) is 4. The average Bonchev–Trinajstić information content (AvgIpc) is 2.53. The molecule has 0 saturated carbocycles. The van der Waals surface area contributed by atoms with Gasteiger partial charge in [0, 0.05) is 18.3 Å². The third-order valence-corrected chi connectivity index (χ3v) is 2.68. The molecule has 78 valence electrons. The summed E-state index contributed by atoms with van der Waals surface area (Å²) in [5.41, 5.74) is 8.08. The van der Waals surface area contributed by atoms with Crippen molar-refractivity contribution in [3.63, 3.8) is 0 Å². The highest BCUT2D eigenvalue weighted by Gasteiger charge is 2.13. The minimum Gasteiger partial charge on any atom is -0.382 e. The first-order valence-electron chi connectivity index (χ1n) is 4.36. The van der Waals surface area contributed by atoms with E-state index in [0.29, 0.717) is 10.7 Å². The summed E-state index contributed by atoms with van der Waals surface area (Å²) in [5.74, 6) is 0.282. The highest BCUT2D eigenvalue weighted by molar-refractivity contribution is 6.35. The Morgan fingerprint density at radius 1 is 1.40 bits per heavy atom. The Labute approximate surface area is 91.9 Å². The SMILES string of the molecule is Cc1c(-c2ncnc(N)c2Cl)cnn1C. The Balaban J connectivity index is 2.64. The molecule has 0 unspecified atom stereocenters. The summed E-state index contributed by atoms with van der Waals surface area (Å²) in [4.78, 5) is 7.92. The maximum atomic E-state index is 6.02. The minimum atomic E-state index is 0.282. The molecule has 0 aliphatic carbocycles. The summed E-state index contributed by atoms with van der Waals surface area (Å²) in [7, 11) is 1.86. The lowest BCUT2D eigenvalue weighted by Gasteiger charge is -2.03. The van der Waals surface area contributed by atoms with Crippen molar-refractivity contribution < 1.29 is 0 Å². The number of halogens is 1. The summed E-state index contributed by atoms with van der Waals surface area (Å²) < 4.78 is 1.75. The van der Waals surface area contributed by atoms with E-state index in [2.05, 4.69) is 15.1 Å². The Kier molecular flexibility index (Phi) is 2.32. The monoisotopic (exact) mass is 223 g/mol. The van der Waals surface area contributed by atoms with Crippen LogP contribution in [-0.4, -0.2) is 19.7 Å². The number of nitrogens with two attached hydrogens (primary N) is 1. The van der Waals surface area contributed by atoms with Crippen LogP contribution < -0.4 is 5.73 Å². The lowest BCUT2D eigenvalue weighted by atomic mass is 10.2. The van der Waals surface area contributed by atoms with Gasteiger partial charge in [-0.2, -0.15) is 5.10 Å². The summed E-state index contributed by atoms with van der Waals surface area (Å²) in [5, 5.41) is 4.49. The van der Waals surface area contributed by atoms with Crippen LogP contribution in [-0.2, 0) is 7.05 Å². The van der Waals surface area contributed by atoms with E-state index in [1.165, 1.54) is 6.33 Å². The van der Waals surface area contributed by atoms with Crippen molar-refractivity contribution in [3.8, 4) is 11.3 Å². The molecule has 5 nitrogen and oxygen atoms in total. The molecule has 0 aliphatic heterocycles. The molecule has 0 aromatic carbocycles. The number of nitrogen functional groups attached to an aromatic ring is 1. The zero-order valence-corrected chi connectivity index (χ0v) is 9.15. The fourth-order valence-corrected chi connectivity index (χ4v) is 1.50. The molecule has 15 heavy (non-hydrogen) atoms. The van der Waals surface area contributed by atoms with Crippen LogP contribution in [0.15, 0.2) is 12.5 Å². The van der Waals surface area contributed by atoms with E-state index >= 15 is 0 Å². The van der Waals surface area contributed by atoms with Gasteiger partial charge in [0.05, 0.1) is 11.9 Å². The van der Waals surface area contributed by atoms with E-state index < -0.39 is 0 Å². The van der Waals surface area contributed by atoms with Gasteiger partial charge in [-0.1, -0.05) is 11.6 Å². The molecule has 2 N–H and O–H groups in total. The van der Waals surface area contributed by atoms with E-state index in [-0.39, 0.29) is 5.82 Å². The molecule has 2 heterocycles. The molecule has 0 aliphatic rings. The van der Waals surface area contributed by atoms with Crippen molar-refractivity contribution in [1.82, 2.24) is 19.7 Å². The first-order chi connectivity index (χ1) is 7.11. The van der Waals surface area contributed by atoms with Gasteiger partial charge >= 0.3 is 0 Å². The normalized spacial score (nSPS) is 10.6. The van der Waals surface area contributed by atoms with Crippen LogP contribution >= 0.6 is 11.6 Å². The van der Waals surface area contributed by atoms with Crippen LogP contribution in [0, 0.1) is 6.92 Å². The molecule has 0 radical (unpaired) electrons. The van der Waals surface area contributed by atoms with Crippen molar-refractivity contribution >= 4 is 17.4 Å². The van der Waals surface area contributed by atoms with Crippen molar-refractivity contribution in [2.45, 2.75) is 6.92 Å². The Morgan fingerprint density at radius 3 is 2.73 bits per heavy atom. The smallest absolute Gasteiger partial charge is 0.146 e. The summed E-state index contributed by atoms with van der Waals surface area (Å²) in [6.07, 6.45) is 3.10. The molecule has 0 amide bonds. The number of aryl methyl sites for hydroxylation is 1. The van der Waals surface area contributed by atoms with E-state index in [4.69, 9.17) is 17.3 Å². The predicted octanol–water partition coefficient (Wildman–Crippen LogP) is 1.42. The van der Waals surface area contributed by atoms with Gasteiger partial charge in [0.1, 0.15) is 17.2 Å². The second-order valence-corrected chi connectivity index (χ2v) is 3.57. The fraction of sp³-hybridized carbons (Fsp3) is 0.222. The van der Waals surface area contributed by atoms with E-state index in [1.54, 1.807) is 10.9 Å². The van der Waals surface area contributed by atoms with Gasteiger partial charge in [-0.05, 0) is 6.92 Å². The number of anilines is 1. The summed E-state index contributed by atoms with van der Waals surface area (Å²) in [6.45, 7) is 1.94. The van der Waals surface area contributed by atoms with Crippen LogP contribution in [0.5, 0.6) is 0 Å². The molecule has 0 atom stereocenters. The third-order valence-electron chi connectivity index (χ3n) is 2.31. The third kappa shape index (κ3) is 1.55. The Morgan fingerprint density at radius 2 is 2.13 bits per heavy atom. The molecular weight excluding hydrogens is 214 g/mol. The molecule has 6 heteroatoms. The lowest BCUT2D eigenvalue weighted by Crippen LogP contribution is -1.97. The number of rotatable bonds is 1. The topological polar surface area (TPSA) is 69.6 Å². The van der Waals surface area contributed by atoms with Crippen LogP contribution in [0.25, 0.3) is 11.3 Å². The molecule has 0 bridgehead atoms. The molecule has 0 spiro atoms. The molecular formula is C9H10ClN5. The fourth-order valence-electron chi connectivity index (χ4n) is 1.30. The highest BCUT2D eigenvalue weighted by Crippen LogP contribution is 2.30. The average molecular weight is 224 g/mol. The van der Waals surface area contributed by atoms with E-state index in [1.807, 2.05) is 14.0 Å². The van der Waals surface area contributed by atoms with Crippen molar-refractivity contribution in [3.05, 3.63) is 23.2 Å².